The molecule has 1 aliphatic heterocycles. The smallest absolute Gasteiger partial charge is 0.242 e. The molecule has 0 aliphatic carbocycles. The van der Waals surface area contributed by atoms with E-state index in [0.717, 1.165) is 0 Å². The Kier molecular flexibility index (Phi) is 5.75. The number of nitriles is 1. The van der Waals surface area contributed by atoms with E-state index in [1.165, 1.54) is 17.0 Å². The van der Waals surface area contributed by atoms with Crippen LogP contribution >= 0.6 is 23.2 Å². The van der Waals surface area contributed by atoms with Crippen molar-refractivity contribution in [2.75, 3.05) is 30.8 Å². The van der Waals surface area contributed by atoms with Crippen molar-refractivity contribution in [2.45, 2.75) is 17.4 Å². The first-order chi connectivity index (χ1) is 10.5. The van der Waals surface area contributed by atoms with Gasteiger partial charge in [-0.25, -0.2) is 13.1 Å². The zero-order valence-corrected chi connectivity index (χ0v) is 14.0. The number of likely N-dealkylation sites (tertiary alicyclic amines) is 1. The van der Waals surface area contributed by atoms with Gasteiger partial charge in [-0.1, -0.05) is 11.6 Å². The van der Waals surface area contributed by atoms with Crippen molar-refractivity contribution >= 4 is 38.9 Å². The summed E-state index contributed by atoms with van der Waals surface area (Å²) in [5.74, 6) is 0.412. The molecule has 120 valence electrons. The highest BCUT2D eigenvalue weighted by Gasteiger charge is 2.28. The summed E-state index contributed by atoms with van der Waals surface area (Å²) in [4.78, 5) is 1.54. The van der Waals surface area contributed by atoms with Crippen LogP contribution in [0.15, 0.2) is 23.1 Å². The van der Waals surface area contributed by atoms with Gasteiger partial charge in [0.25, 0.3) is 0 Å². The number of rotatable bonds is 6. The lowest BCUT2D eigenvalue weighted by Gasteiger charge is -2.15. The molecule has 1 aromatic carbocycles. The van der Waals surface area contributed by atoms with Gasteiger partial charge in [-0.3, -0.25) is 0 Å². The molecule has 0 bridgehead atoms. The van der Waals surface area contributed by atoms with Crippen LogP contribution in [0.4, 0.5) is 5.69 Å². The second kappa shape index (κ2) is 7.38. The zero-order chi connectivity index (χ0) is 16.2. The Hall–Kier alpha value is -1.20. The molecule has 22 heavy (non-hydrogen) atoms. The van der Waals surface area contributed by atoms with Gasteiger partial charge in [-0.05, 0) is 24.6 Å². The molecule has 1 heterocycles. The van der Waals surface area contributed by atoms with E-state index in [4.69, 9.17) is 28.5 Å². The molecule has 0 saturated carbocycles. The van der Waals surface area contributed by atoms with Gasteiger partial charge in [0.15, 0.2) is 6.19 Å². The van der Waals surface area contributed by atoms with E-state index in [-0.39, 0.29) is 16.0 Å². The van der Waals surface area contributed by atoms with Crippen LogP contribution in [-0.4, -0.2) is 44.9 Å². The lowest BCUT2D eigenvalue weighted by molar-refractivity contribution is 0.470. The van der Waals surface area contributed by atoms with Crippen molar-refractivity contribution in [3.8, 4) is 6.19 Å². The lowest BCUT2D eigenvalue weighted by Crippen LogP contribution is -2.36. The van der Waals surface area contributed by atoms with Crippen LogP contribution in [0.25, 0.3) is 0 Å². The summed E-state index contributed by atoms with van der Waals surface area (Å²) in [7, 11) is -3.74. The predicted molar refractivity (Wildman–Crippen MR) is 86.6 cm³/mol. The van der Waals surface area contributed by atoms with E-state index in [0.29, 0.717) is 37.6 Å². The summed E-state index contributed by atoms with van der Waals surface area (Å²) >= 11 is 11.6. The molecule has 1 aliphatic rings. The molecule has 1 fully saturated rings. The third-order valence-corrected chi connectivity index (χ3v) is 5.49. The maximum Gasteiger partial charge on any atom is 0.242 e. The molecule has 0 radical (unpaired) electrons. The van der Waals surface area contributed by atoms with Crippen molar-refractivity contribution in [1.29, 1.82) is 5.26 Å². The third kappa shape index (κ3) is 4.17. The summed E-state index contributed by atoms with van der Waals surface area (Å²) in [6, 6.07) is 4.41. The molecule has 1 unspecified atom stereocenters. The lowest BCUT2D eigenvalue weighted by atomic mass is 10.3. The number of halogens is 2. The normalized spacial score (nSPS) is 18.2. The Labute approximate surface area is 140 Å². The Bertz CT molecular complexity index is 675. The average molecular weight is 363 g/mol. The van der Waals surface area contributed by atoms with Crippen LogP contribution in [0.3, 0.4) is 0 Å². The number of nitrogens with zero attached hydrogens (tertiary/aromatic N) is 2. The van der Waals surface area contributed by atoms with E-state index in [2.05, 4.69) is 10.0 Å². The molecule has 6 nitrogen and oxygen atoms in total. The quantitative estimate of drug-likeness (QED) is 0.595. The third-order valence-electron chi connectivity index (χ3n) is 3.30. The number of alkyl halides is 1. The molecule has 0 spiro atoms. The van der Waals surface area contributed by atoms with E-state index in [9.17, 15) is 8.42 Å². The Morgan fingerprint density at radius 3 is 2.86 bits per heavy atom. The molecule has 1 atom stereocenters. The van der Waals surface area contributed by atoms with Gasteiger partial charge < -0.3 is 10.2 Å². The van der Waals surface area contributed by atoms with Gasteiger partial charge in [0.05, 0.1) is 5.02 Å². The molecule has 1 aromatic rings. The van der Waals surface area contributed by atoms with Gasteiger partial charge in [0, 0.05) is 37.2 Å². The maximum atomic E-state index is 12.5. The van der Waals surface area contributed by atoms with Crippen LogP contribution in [0, 0.1) is 11.5 Å². The number of hydrogen-bond acceptors (Lipinski definition) is 5. The summed E-state index contributed by atoms with van der Waals surface area (Å²) in [5, 5.41) is 12.0. The number of anilines is 1. The largest absolute Gasteiger partial charge is 0.384 e. The van der Waals surface area contributed by atoms with Gasteiger partial charge >= 0.3 is 0 Å². The second-order valence-electron chi connectivity index (χ2n) is 4.91. The van der Waals surface area contributed by atoms with Gasteiger partial charge in [-0.2, -0.15) is 5.26 Å². The Balaban J connectivity index is 2.16. The van der Waals surface area contributed by atoms with Crippen molar-refractivity contribution in [3.63, 3.8) is 0 Å². The van der Waals surface area contributed by atoms with Crippen molar-refractivity contribution < 1.29 is 8.42 Å². The summed E-state index contributed by atoms with van der Waals surface area (Å²) in [6.45, 7) is 1.45. The number of nitrogens with one attached hydrogen (secondary N) is 2. The number of benzene rings is 1. The first-order valence-corrected chi connectivity index (χ1v) is 9.12. The van der Waals surface area contributed by atoms with Crippen LogP contribution in [0.1, 0.15) is 6.42 Å². The molecule has 1 saturated heterocycles. The predicted octanol–water partition coefficient (Wildman–Crippen LogP) is 1.82. The first-order valence-electron chi connectivity index (χ1n) is 6.72. The van der Waals surface area contributed by atoms with E-state index in [1.54, 1.807) is 6.07 Å². The monoisotopic (exact) mass is 362 g/mol. The highest BCUT2D eigenvalue weighted by atomic mass is 35.5. The zero-order valence-electron chi connectivity index (χ0n) is 11.7. The summed E-state index contributed by atoms with van der Waals surface area (Å²) in [6.07, 6.45) is 2.60. The molecular formula is C13H16Cl2N4O2S. The van der Waals surface area contributed by atoms with Crippen LogP contribution in [-0.2, 0) is 10.0 Å². The fourth-order valence-corrected chi connectivity index (χ4v) is 4.12. The van der Waals surface area contributed by atoms with Crippen molar-refractivity contribution in [1.82, 2.24) is 9.62 Å². The Morgan fingerprint density at radius 1 is 1.45 bits per heavy atom. The Morgan fingerprint density at radius 2 is 2.23 bits per heavy atom. The molecular weight excluding hydrogens is 347 g/mol. The van der Waals surface area contributed by atoms with E-state index >= 15 is 0 Å². The van der Waals surface area contributed by atoms with E-state index < -0.39 is 10.0 Å². The van der Waals surface area contributed by atoms with Crippen LogP contribution in [0.5, 0.6) is 0 Å². The number of hydrogen-bond donors (Lipinski definition) is 2. The van der Waals surface area contributed by atoms with Crippen molar-refractivity contribution in [2.24, 2.45) is 0 Å². The van der Waals surface area contributed by atoms with Gasteiger partial charge in [0.1, 0.15) is 4.90 Å². The minimum Gasteiger partial charge on any atom is -0.384 e. The average Bonchev–Trinajstić information content (AvgIpc) is 2.93. The maximum absolute atomic E-state index is 12.5. The molecule has 0 amide bonds. The van der Waals surface area contributed by atoms with Gasteiger partial charge in [-0.15, -0.1) is 11.6 Å². The highest BCUT2D eigenvalue weighted by Crippen LogP contribution is 2.25. The fourth-order valence-electron chi connectivity index (χ4n) is 2.24. The fraction of sp³-hybridized carbons (Fsp3) is 0.462. The van der Waals surface area contributed by atoms with Crippen LogP contribution in [0.2, 0.25) is 5.02 Å². The van der Waals surface area contributed by atoms with Gasteiger partial charge in [0.2, 0.25) is 10.0 Å². The SMILES string of the molecule is N#CN1CCC(NS(=O)(=O)c2cc(NCCCl)ccc2Cl)C1. The standard InChI is InChI=1S/C13H16Cl2N4O2S/c14-4-5-17-10-1-2-12(15)13(7-10)22(20,21)18-11-3-6-19(8-11)9-16/h1-2,7,11,17-18H,3-6,8H2. The second-order valence-corrected chi connectivity index (χ2v) is 7.38. The summed E-state index contributed by atoms with van der Waals surface area (Å²) < 4.78 is 27.6. The topological polar surface area (TPSA) is 85.2 Å². The van der Waals surface area contributed by atoms with Crippen molar-refractivity contribution in [3.05, 3.63) is 23.2 Å². The van der Waals surface area contributed by atoms with E-state index in [1.807, 2.05) is 6.19 Å². The molecule has 9 heteroatoms. The summed E-state index contributed by atoms with van der Waals surface area (Å²) in [5.41, 5.74) is 0.635. The number of sulfonamides is 1. The first kappa shape index (κ1) is 17.2. The highest BCUT2D eigenvalue weighted by molar-refractivity contribution is 7.89. The molecule has 2 N–H and O–H groups in total. The molecule has 0 aromatic heterocycles. The molecule has 2 rings (SSSR count). The minimum atomic E-state index is -3.74. The minimum absolute atomic E-state index is 0.0177. The van der Waals surface area contributed by atoms with Crippen LogP contribution < -0.4 is 10.0 Å².